The van der Waals surface area contributed by atoms with Crippen LogP contribution in [0.5, 0.6) is 0 Å². The lowest BCUT2D eigenvalue weighted by Crippen LogP contribution is -2.21. The second-order valence-corrected chi connectivity index (χ2v) is 4.02. The second kappa shape index (κ2) is 6.69. The molecule has 2 atom stereocenters. The fraction of sp³-hybridized carbons (Fsp3) is 0.455. The number of benzene rings is 1. The number of aliphatic hydroxyl groups is 2. The van der Waals surface area contributed by atoms with E-state index in [0.717, 1.165) is 0 Å². The van der Waals surface area contributed by atoms with Gasteiger partial charge in [0.2, 0.25) is 0 Å². The SMILES string of the molecule is Cc1cccc([N+](=O)[O-])c1C(O)C(O)CCN=[N+]=[N-]. The van der Waals surface area contributed by atoms with Crippen LogP contribution in [0.2, 0.25) is 0 Å². The molecule has 0 amide bonds. The van der Waals surface area contributed by atoms with E-state index in [9.17, 15) is 20.3 Å². The van der Waals surface area contributed by atoms with Gasteiger partial charge in [0.25, 0.3) is 5.69 Å². The van der Waals surface area contributed by atoms with Crippen molar-refractivity contribution in [2.24, 2.45) is 5.11 Å². The molecule has 2 N–H and O–H groups in total. The second-order valence-electron chi connectivity index (χ2n) is 4.02. The van der Waals surface area contributed by atoms with Gasteiger partial charge in [-0.15, -0.1) is 0 Å². The Hall–Kier alpha value is -2.15. The van der Waals surface area contributed by atoms with E-state index in [2.05, 4.69) is 10.0 Å². The van der Waals surface area contributed by atoms with Crippen molar-refractivity contribution in [2.75, 3.05) is 6.54 Å². The Morgan fingerprint density at radius 1 is 1.53 bits per heavy atom. The quantitative estimate of drug-likeness (QED) is 0.268. The molecule has 8 heteroatoms. The van der Waals surface area contributed by atoms with Crippen LogP contribution in [0, 0.1) is 17.0 Å². The lowest BCUT2D eigenvalue weighted by atomic mass is 9.96. The number of aryl methyl sites for hydroxylation is 1. The smallest absolute Gasteiger partial charge is 0.275 e. The molecule has 1 aromatic carbocycles. The Bertz CT molecular complexity index is 513. The van der Waals surface area contributed by atoms with Gasteiger partial charge in [-0.2, -0.15) is 0 Å². The lowest BCUT2D eigenvalue weighted by Gasteiger charge is -2.19. The largest absolute Gasteiger partial charge is 0.390 e. The van der Waals surface area contributed by atoms with Gasteiger partial charge in [-0.25, -0.2) is 0 Å². The first-order valence-corrected chi connectivity index (χ1v) is 5.60. The highest BCUT2D eigenvalue weighted by molar-refractivity contribution is 5.46. The molecule has 0 saturated heterocycles. The fourth-order valence-electron chi connectivity index (χ4n) is 1.79. The normalized spacial score (nSPS) is 13.4. The molecule has 0 aromatic heterocycles. The molecule has 0 fully saturated rings. The molecule has 0 aliphatic heterocycles. The summed E-state index contributed by atoms with van der Waals surface area (Å²) in [5.74, 6) is 0. The molecule has 0 aliphatic rings. The number of rotatable bonds is 6. The van der Waals surface area contributed by atoms with Crippen molar-refractivity contribution >= 4 is 5.69 Å². The Balaban J connectivity index is 3.01. The third-order valence-corrected chi connectivity index (χ3v) is 2.75. The summed E-state index contributed by atoms with van der Waals surface area (Å²) in [6, 6.07) is 4.40. The van der Waals surface area contributed by atoms with Crippen LogP contribution in [0.15, 0.2) is 23.3 Å². The van der Waals surface area contributed by atoms with Gasteiger partial charge in [0, 0.05) is 17.5 Å². The number of aliphatic hydroxyl groups excluding tert-OH is 2. The summed E-state index contributed by atoms with van der Waals surface area (Å²) >= 11 is 0. The molecule has 0 bridgehead atoms. The minimum atomic E-state index is -1.39. The number of nitrogens with zero attached hydrogens (tertiary/aromatic N) is 4. The summed E-state index contributed by atoms with van der Waals surface area (Å²) in [5, 5.41) is 33.9. The molecule has 2 unspecified atom stereocenters. The van der Waals surface area contributed by atoms with Crippen LogP contribution < -0.4 is 0 Å². The van der Waals surface area contributed by atoms with Gasteiger partial charge in [0.05, 0.1) is 16.6 Å². The van der Waals surface area contributed by atoms with Crippen LogP contribution in [0.3, 0.4) is 0 Å². The van der Waals surface area contributed by atoms with Crippen molar-refractivity contribution in [3.8, 4) is 0 Å². The molecule has 8 nitrogen and oxygen atoms in total. The summed E-state index contributed by atoms with van der Waals surface area (Å²) in [4.78, 5) is 12.8. The number of hydrogen-bond donors (Lipinski definition) is 2. The summed E-state index contributed by atoms with van der Waals surface area (Å²) in [7, 11) is 0. The Morgan fingerprint density at radius 3 is 2.79 bits per heavy atom. The van der Waals surface area contributed by atoms with E-state index in [1.54, 1.807) is 13.0 Å². The first kappa shape index (κ1) is 14.9. The average Bonchev–Trinajstić information content (AvgIpc) is 2.37. The molecule has 0 spiro atoms. The molecule has 102 valence electrons. The molecule has 0 saturated carbocycles. The van der Waals surface area contributed by atoms with E-state index in [0.29, 0.717) is 5.56 Å². The van der Waals surface area contributed by atoms with E-state index in [4.69, 9.17) is 5.53 Å². The third-order valence-electron chi connectivity index (χ3n) is 2.75. The number of hydrogen-bond acceptors (Lipinski definition) is 5. The van der Waals surface area contributed by atoms with Crippen LogP contribution in [0.25, 0.3) is 10.4 Å². The number of azide groups is 1. The van der Waals surface area contributed by atoms with Crippen molar-refractivity contribution in [2.45, 2.75) is 25.6 Å². The van der Waals surface area contributed by atoms with E-state index >= 15 is 0 Å². The molecular formula is C11H14N4O4. The van der Waals surface area contributed by atoms with Crippen molar-refractivity contribution in [1.82, 2.24) is 0 Å². The van der Waals surface area contributed by atoms with E-state index in [1.165, 1.54) is 12.1 Å². The van der Waals surface area contributed by atoms with Gasteiger partial charge in [-0.3, -0.25) is 10.1 Å². The van der Waals surface area contributed by atoms with Gasteiger partial charge < -0.3 is 10.2 Å². The van der Waals surface area contributed by atoms with Crippen molar-refractivity contribution < 1.29 is 15.1 Å². The molecule has 1 aromatic rings. The highest BCUT2D eigenvalue weighted by Crippen LogP contribution is 2.31. The monoisotopic (exact) mass is 266 g/mol. The van der Waals surface area contributed by atoms with Gasteiger partial charge in [0.1, 0.15) is 6.10 Å². The van der Waals surface area contributed by atoms with Gasteiger partial charge in [-0.1, -0.05) is 17.2 Å². The highest BCUT2D eigenvalue weighted by Gasteiger charge is 2.27. The summed E-state index contributed by atoms with van der Waals surface area (Å²) in [6.07, 6.45) is -2.60. The summed E-state index contributed by atoms with van der Waals surface area (Å²) in [6.45, 7) is 1.63. The zero-order valence-corrected chi connectivity index (χ0v) is 10.3. The Kier molecular flexibility index (Phi) is 5.25. The molecular weight excluding hydrogens is 252 g/mol. The van der Waals surface area contributed by atoms with Crippen LogP contribution >= 0.6 is 0 Å². The first-order chi connectivity index (χ1) is 8.99. The van der Waals surface area contributed by atoms with Crippen molar-refractivity contribution in [1.29, 1.82) is 0 Å². The lowest BCUT2D eigenvalue weighted by molar-refractivity contribution is -0.386. The van der Waals surface area contributed by atoms with Crippen LogP contribution in [-0.4, -0.2) is 27.8 Å². The maximum atomic E-state index is 10.9. The predicted octanol–water partition coefficient (Wildman–Crippen LogP) is 2.00. The Labute approximate surface area is 109 Å². The van der Waals surface area contributed by atoms with E-state index < -0.39 is 17.1 Å². The van der Waals surface area contributed by atoms with Crippen molar-refractivity contribution in [3.63, 3.8) is 0 Å². The highest BCUT2D eigenvalue weighted by atomic mass is 16.6. The minimum Gasteiger partial charge on any atom is -0.390 e. The summed E-state index contributed by atoms with van der Waals surface area (Å²) < 4.78 is 0. The standard InChI is InChI=1S/C11H14N4O4/c1-7-3-2-4-8(15(18)19)10(7)11(17)9(16)5-6-13-14-12/h2-4,9,11,16-17H,5-6H2,1H3. The van der Waals surface area contributed by atoms with Crippen LogP contribution in [0.1, 0.15) is 23.7 Å². The topological polar surface area (TPSA) is 132 Å². The molecule has 0 aliphatic carbocycles. The Morgan fingerprint density at radius 2 is 2.21 bits per heavy atom. The maximum Gasteiger partial charge on any atom is 0.275 e. The van der Waals surface area contributed by atoms with Crippen LogP contribution in [-0.2, 0) is 0 Å². The molecule has 1 rings (SSSR count). The first-order valence-electron chi connectivity index (χ1n) is 5.60. The van der Waals surface area contributed by atoms with Crippen LogP contribution in [0.4, 0.5) is 5.69 Å². The molecule has 0 heterocycles. The zero-order chi connectivity index (χ0) is 14.4. The van der Waals surface area contributed by atoms with E-state index in [-0.39, 0.29) is 24.2 Å². The summed E-state index contributed by atoms with van der Waals surface area (Å²) in [5.41, 5.74) is 8.48. The third kappa shape index (κ3) is 3.65. The molecule has 19 heavy (non-hydrogen) atoms. The predicted molar refractivity (Wildman–Crippen MR) is 67.4 cm³/mol. The van der Waals surface area contributed by atoms with Crippen molar-refractivity contribution in [3.05, 3.63) is 49.9 Å². The fourth-order valence-corrected chi connectivity index (χ4v) is 1.79. The number of nitro benzene ring substituents is 1. The molecule has 0 radical (unpaired) electrons. The minimum absolute atomic E-state index is 0.00834. The van der Waals surface area contributed by atoms with Gasteiger partial charge in [0.15, 0.2) is 0 Å². The van der Waals surface area contributed by atoms with E-state index in [1.807, 2.05) is 0 Å². The van der Waals surface area contributed by atoms with Gasteiger partial charge in [-0.05, 0) is 24.4 Å². The maximum absolute atomic E-state index is 10.9. The average molecular weight is 266 g/mol. The number of nitro groups is 1. The van der Waals surface area contributed by atoms with Gasteiger partial charge >= 0.3 is 0 Å². The zero-order valence-electron chi connectivity index (χ0n) is 10.3.